The van der Waals surface area contributed by atoms with Gasteiger partial charge in [-0.1, -0.05) is 59.2 Å². The molecule has 0 aliphatic heterocycles. The Bertz CT molecular complexity index is 1040. The van der Waals surface area contributed by atoms with Crippen LogP contribution in [0.15, 0.2) is 79.0 Å². The van der Waals surface area contributed by atoms with Gasteiger partial charge in [-0.05, 0) is 11.5 Å². The molecule has 28 heavy (non-hydrogen) atoms. The maximum absolute atomic E-state index is 12.7. The smallest absolute Gasteiger partial charge is 1.00 e. The zero-order chi connectivity index (χ0) is 17.4. The zero-order valence-corrected chi connectivity index (χ0v) is 17.0. The summed E-state index contributed by atoms with van der Waals surface area (Å²) in [7, 11) is 0. The summed E-state index contributed by atoms with van der Waals surface area (Å²) in [5, 5.41) is 1.05. The van der Waals surface area contributed by atoms with Gasteiger partial charge in [-0.3, -0.25) is 4.98 Å². The number of alkyl halides is 3. The van der Waals surface area contributed by atoms with E-state index in [2.05, 4.69) is 4.98 Å². The molecular formula is C21H13Cl2CrF3N. The van der Waals surface area contributed by atoms with Crippen LogP contribution in [0.5, 0.6) is 0 Å². The number of rotatable bonds is 2. The van der Waals surface area contributed by atoms with Crippen molar-refractivity contribution in [1.82, 2.24) is 4.98 Å². The quantitative estimate of drug-likeness (QED) is 0.394. The second-order valence-electron chi connectivity index (χ2n) is 5.84. The van der Waals surface area contributed by atoms with Gasteiger partial charge in [0.2, 0.25) is 0 Å². The Morgan fingerprint density at radius 3 is 2.14 bits per heavy atom. The summed E-state index contributed by atoms with van der Waals surface area (Å²) in [6.45, 7) is 0. The summed E-state index contributed by atoms with van der Waals surface area (Å²) >= 11 is 0. The van der Waals surface area contributed by atoms with Crippen molar-refractivity contribution in [3.05, 3.63) is 84.6 Å². The molecule has 3 aromatic carbocycles. The van der Waals surface area contributed by atoms with Crippen molar-refractivity contribution >= 4 is 10.9 Å². The van der Waals surface area contributed by atoms with Crippen LogP contribution in [-0.4, -0.2) is 4.98 Å². The van der Waals surface area contributed by atoms with Gasteiger partial charge in [-0.25, -0.2) is 0 Å². The largest absolute Gasteiger partial charge is 3.00 e. The van der Waals surface area contributed by atoms with Gasteiger partial charge in [0, 0.05) is 11.7 Å². The first-order valence-electron chi connectivity index (χ1n) is 7.81. The third kappa shape index (κ3) is 4.74. The second-order valence-corrected chi connectivity index (χ2v) is 5.84. The Morgan fingerprint density at radius 1 is 0.786 bits per heavy atom. The molecule has 0 aliphatic carbocycles. The van der Waals surface area contributed by atoms with Crippen molar-refractivity contribution in [2.45, 2.75) is 6.18 Å². The molecule has 0 bridgehead atoms. The maximum atomic E-state index is 12.7. The molecule has 0 saturated carbocycles. The molecule has 143 valence electrons. The number of hydrogen-bond donors (Lipinski definition) is 0. The van der Waals surface area contributed by atoms with Crippen molar-refractivity contribution in [2.24, 2.45) is 0 Å². The first-order valence-corrected chi connectivity index (χ1v) is 7.81. The SMILES string of the molecule is FC(F)(F)c1ccc(-c2cc[c-](-c3cccc4cccnc34)c2)cc1.[Cl-].[Cl-].[Cr+3]. The first-order chi connectivity index (χ1) is 12.0. The monoisotopic (exact) mass is 458 g/mol. The first kappa shape index (κ1) is 24.1. The number of fused-ring (bicyclic) bond motifs is 1. The Balaban J connectivity index is 0.00000131. The van der Waals surface area contributed by atoms with E-state index in [0.717, 1.165) is 45.3 Å². The van der Waals surface area contributed by atoms with Crippen LogP contribution >= 0.6 is 0 Å². The molecule has 0 aliphatic rings. The van der Waals surface area contributed by atoms with Crippen LogP contribution in [0.4, 0.5) is 13.2 Å². The number of nitrogens with zero attached hydrogens (tertiary/aromatic N) is 1. The number of pyridine rings is 1. The summed E-state index contributed by atoms with van der Waals surface area (Å²) in [6.07, 6.45) is -2.56. The van der Waals surface area contributed by atoms with Crippen LogP contribution in [-0.2, 0) is 23.5 Å². The molecule has 1 aromatic heterocycles. The minimum absolute atomic E-state index is 0. The summed E-state index contributed by atoms with van der Waals surface area (Å²) in [5.74, 6) is 0. The van der Waals surface area contributed by atoms with Gasteiger partial charge in [0.05, 0.1) is 5.56 Å². The van der Waals surface area contributed by atoms with Crippen molar-refractivity contribution in [1.29, 1.82) is 0 Å². The molecule has 4 rings (SSSR count). The van der Waals surface area contributed by atoms with E-state index in [1.807, 2.05) is 48.5 Å². The molecule has 0 saturated heterocycles. The number of benzene rings is 2. The van der Waals surface area contributed by atoms with E-state index in [0.29, 0.717) is 0 Å². The fourth-order valence-corrected chi connectivity index (χ4v) is 2.98. The van der Waals surface area contributed by atoms with Crippen LogP contribution < -0.4 is 24.8 Å². The molecule has 0 unspecified atom stereocenters. The Hall–Kier alpha value is -1.90. The predicted octanol–water partition coefficient (Wildman–Crippen LogP) is 0.312. The number of aromatic nitrogens is 1. The molecule has 0 amide bonds. The summed E-state index contributed by atoms with van der Waals surface area (Å²) in [5.41, 5.74) is 3.93. The zero-order valence-electron chi connectivity index (χ0n) is 14.3. The van der Waals surface area contributed by atoms with Gasteiger partial charge in [0.25, 0.3) is 0 Å². The van der Waals surface area contributed by atoms with Gasteiger partial charge in [0.1, 0.15) is 0 Å². The van der Waals surface area contributed by atoms with E-state index in [1.54, 1.807) is 6.20 Å². The number of halogens is 5. The minimum Gasteiger partial charge on any atom is -1.00 e. The molecule has 0 atom stereocenters. The third-order valence-electron chi connectivity index (χ3n) is 4.24. The van der Waals surface area contributed by atoms with E-state index in [9.17, 15) is 13.2 Å². The average Bonchev–Trinajstić information content (AvgIpc) is 3.10. The normalized spacial score (nSPS) is 10.5. The predicted molar refractivity (Wildman–Crippen MR) is 93.2 cm³/mol. The van der Waals surface area contributed by atoms with E-state index in [1.165, 1.54) is 12.1 Å². The van der Waals surface area contributed by atoms with Crippen LogP contribution in [0.1, 0.15) is 5.56 Å². The average molecular weight is 459 g/mol. The van der Waals surface area contributed by atoms with Crippen molar-refractivity contribution in [3.63, 3.8) is 0 Å². The van der Waals surface area contributed by atoms with Crippen LogP contribution in [0.3, 0.4) is 0 Å². The number of hydrogen-bond acceptors (Lipinski definition) is 1. The number of para-hydroxylation sites is 1. The molecular weight excluding hydrogens is 446 g/mol. The molecule has 1 radical (unpaired) electrons. The Labute approximate surface area is 183 Å². The second kappa shape index (κ2) is 9.54. The van der Waals surface area contributed by atoms with Gasteiger partial charge in [-0.2, -0.15) is 13.2 Å². The standard InChI is InChI=1S/C21H13F3N.2ClH.Cr/c22-21(23,24)18-10-8-14(9-11-18)16-6-7-17(13-16)19-5-1-3-15-4-2-12-25-20(15)19;;;/h1-13H;2*1H;/q-1;;;+3/p-2. The van der Waals surface area contributed by atoms with Crippen molar-refractivity contribution in [2.75, 3.05) is 0 Å². The fraction of sp³-hybridized carbons (Fsp3) is 0.0476. The molecule has 4 aromatic rings. The van der Waals surface area contributed by atoms with Gasteiger partial charge >= 0.3 is 23.5 Å². The molecule has 7 heteroatoms. The topological polar surface area (TPSA) is 12.9 Å². The molecule has 1 heterocycles. The Morgan fingerprint density at radius 2 is 1.46 bits per heavy atom. The van der Waals surface area contributed by atoms with E-state index >= 15 is 0 Å². The van der Waals surface area contributed by atoms with E-state index < -0.39 is 11.7 Å². The van der Waals surface area contributed by atoms with Crippen LogP contribution in [0.2, 0.25) is 0 Å². The van der Waals surface area contributed by atoms with Gasteiger partial charge < -0.3 is 24.8 Å². The van der Waals surface area contributed by atoms with Crippen LogP contribution in [0.25, 0.3) is 33.2 Å². The van der Waals surface area contributed by atoms with Crippen molar-refractivity contribution in [3.8, 4) is 22.3 Å². The van der Waals surface area contributed by atoms with E-state index in [4.69, 9.17) is 0 Å². The Kier molecular flexibility index (Phi) is 8.22. The molecule has 0 fully saturated rings. The van der Waals surface area contributed by atoms with Gasteiger partial charge in [0.15, 0.2) is 0 Å². The fourth-order valence-electron chi connectivity index (χ4n) is 2.98. The summed E-state index contributed by atoms with van der Waals surface area (Å²) in [6, 6.07) is 21.0. The summed E-state index contributed by atoms with van der Waals surface area (Å²) < 4.78 is 38.1. The summed E-state index contributed by atoms with van der Waals surface area (Å²) in [4.78, 5) is 4.45. The van der Waals surface area contributed by atoms with Gasteiger partial charge in [-0.15, -0.1) is 29.8 Å². The third-order valence-corrected chi connectivity index (χ3v) is 4.24. The van der Waals surface area contributed by atoms with E-state index in [-0.39, 0.29) is 42.2 Å². The molecule has 1 nitrogen and oxygen atoms in total. The molecule has 0 spiro atoms. The molecule has 0 N–H and O–H groups in total. The maximum Gasteiger partial charge on any atom is 3.00 e. The van der Waals surface area contributed by atoms with Crippen LogP contribution in [0, 0.1) is 0 Å². The van der Waals surface area contributed by atoms with Crippen molar-refractivity contribution < 1.29 is 55.3 Å². The minimum atomic E-state index is -4.32.